The van der Waals surface area contributed by atoms with E-state index in [9.17, 15) is 23.6 Å². The van der Waals surface area contributed by atoms with Crippen molar-refractivity contribution in [1.82, 2.24) is 25.3 Å². The van der Waals surface area contributed by atoms with Crippen molar-refractivity contribution in [1.29, 1.82) is 0 Å². The highest BCUT2D eigenvalue weighted by Crippen LogP contribution is 2.28. The lowest BCUT2D eigenvalue weighted by atomic mass is 9.85. The summed E-state index contributed by atoms with van der Waals surface area (Å²) in [5.74, 6) is -2.41. The summed E-state index contributed by atoms with van der Waals surface area (Å²) in [5, 5.41) is 9.95. The molecule has 1 saturated carbocycles. The smallest absolute Gasteiger partial charge is 0.407 e. The highest BCUT2D eigenvalue weighted by molar-refractivity contribution is 6.30. The van der Waals surface area contributed by atoms with Gasteiger partial charge in [-0.2, -0.15) is 5.10 Å². The minimum absolute atomic E-state index is 0.0387. The molecule has 42 heavy (non-hydrogen) atoms. The topological polar surface area (TPSA) is 175 Å². The van der Waals surface area contributed by atoms with Gasteiger partial charge in [-0.1, -0.05) is 23.7 Å². The van der Waals surface area contributed by atoms with E-state index in [-0.39, 0.29) is 48.0 Å². The van der Waals surface area contributed by atoms with Gasteiger partial charge in [-0.3, -0.25) is 19.1 Å². The number of ether oxygens (including phenoxy) is 1. The average molecular weight is 602 g/mol. The summed E-state index contributed by atoms with van der Waals surface area (Å²) in [5.41, 5.74) is 11.7. The Morgan fingerprint density at radius 3 is 2.57 bits per heavy atom. The van der Waals surface area contributed by atoms with E-state index in [2.05, 4.69) is 15.7 Å². The number of primary amides is 1. The molecule has 4 amide bonds. The van der Waals surface area contributed by atoms with E-state index in [4.69, 9.17) is 27.8 Å². The second-order valence-electron chi connectivity index (χ2n) is 11.1. The molecule has 12 nitrogen and oxygen atoms in total. The number of hydrogen-bond acceptors (Lipinski definition) is 7. The molecule has 1 heterocycles. The number of amides is 4. The molecule has 0 aliphatic heterocycles. The summed E-state index contributed by atoms with van der Waals surface area (Å²) >= 11 is 5.83. The first-order valence-corrected chi connectivity index (χ1v) is 13.6. The van der Waals surface area contributed by atoms with E-state index >= 15 is 0 Å². The minimum Gasteiger partial charge on any atom is -0.444 e. The zero-order valence-electron chi connectivity index (χ0n) is 23.4. The van der Waals surface area contributed by atoms with Gasteiger partial charge in [0, 0.05) is 35.3 Å². The second kappa shape index (κ2) is 12.2. The Kier molecular flexibility index (Phi) is 8.90. The van der Waals surface area contributed by atoms with Crippen molar-refractivity contribution in [3.8, 4) is 0 Å². The van der Waals surface area contributed by atoms with Gasteiger partial charge in [0.2, 0.25) is 11.8 Å². The summed E-state index contributed by atoms with van der Waals surface area (Å²) < 4.78 is 20.9. The Bertz CT molecular complexity index is 1530. The average Bonchev–Trinajstić information content (AvgIpc) is 3.22. The fraction of sp³-hybridized carbons (Fsp3) is 0.393. The summed E-state index contributed by atoms with van der Waals surface area (Å²) in [6.07, 6.45) is 0.181. The molecule has 0 atom stereocenters. The standard InChI is InChI=1S/C28H33ClFN7O5/c1-28(2,3)42-27(41)34-17-10-18(11-17)36(13-22(38)33-12-15-5-4-6-20(29)24(15)30)23(39)14-37-21-8-7-16(31)9-19(21)25(35-37)26(32)40/h4-9,17-18H,10-14,31H2,1-3H3,(H2,32,40)(H,33,38)(H,34,41)/t17-,18-. The van der Waals surface area contributed by atoms with Crippen molar-refractivity contribution in [2.75, 3.05) is 12.3 Å². The first kappa shape index (κ1) is 30.6. The Hall–Kier alpha value is -4.39. The molecule has 0 radical (unpaired) electrons. The lowest BCUT2D eigenvalue weighted by Gasteiger charge is -2.42. The number of halogens is 2. The largest absolute Gasteiger partial charge is 0.444 e. The van der Waals surface area contributed by atoms with Crippen LogP contribution in [0.25, 0.3) is 10.9 Å². The number of nitrogens with zero attached hydrogens (tertiary/aromatic N) is 3. The van der Waals surface area contributed by atoms with Crippen LogP contribution < -0.4 is 22.1 Å². The number of rotatable bonds is 9. The first-order chi connectivity index (χ1) is 19.7. The SMILES string of the molecule is CC(C)(C)OC(=O)N[C@H]1C[C@H](N(CC(=O)NCc2cccc(Cl)c2F)C(=O)Cn2nc(C(N)=O)c3cc(N)ccc32)C1. The van der Waals surface area contributed by atoms with Crippen molar-refractivity contribution < 1.29 is 28.3 Å². The van der Waals surface area contributed by atoms with Gasteiger partial charge in [0.15, 0.2) is 5.69 Å². The van der Waals surface area contributed by atoms with Gasteiger partial charge in [-0.05, 0) is 57.9 Å². The van der Waals surface area contributed by atoms with Crippen LogP contribution in [0.5, 0.6) is 0 Å². The van der Waals surface area contributed by atoms with Gasteiger partial charge < -0.3 is 31.7 Å². The molecule has 0 saturated heterocycles. The van der Waals surface area contributed by atoms with Gasteiger partial charge in [0.1, 0.15) is 18.0 Å². The van der Waals surface area contributed by atoms with Crippen LogP contribution in [-0.4, -0.2) is 62.7 Å². The van der Waals surface area contributed by atoms with E-state index in [1.165, 1.54) is 21.7 Å². The van der Waals surface area contributed by atoms with Crippen molar-refractivity contribution in [3.05, 3.63) is 58.5 Å². The number of fused-ring (bicyclic) bond motifs is 1. The van der Waals surface area contributed by atoms with Crippen molar-refractivity contribution >= 4 is 52.0 Å². The number of nitrogens with one attached hydrogen (secondary N) is 2. The number of hydrogen-bond donors (Lipinski definition) is 4. The number of carbonyl (C=O) groups excluding carboxylic acids is 4. The molecule has 1 fully saturated rings. The monoisotopic (exact) mass is 601 g/mol. The molecule has 0 unspecified atom stereocenters. The van der Waals surface area contributed by atoms with Gasteiger partial charge in [0.25, 0.3) is 5.91 Å². The van der Waals surface area contributed by atoms with Crippen LogP contribution in [-0.2, 0) is 27.4 Å². The first-order valence-electron chi connectivity index (χ1n) is 13.3. The molecule has 3 aromatic rings. The fourth-order valence-corrected chi connectivity index (χ4v) is 4.86. The Morgan fingerprint density at radius 1 is 1.19 bits per heavy atom. The van der Waals surface area contributed by atoms with Gasteiger partial charge in [0.05, 0.1) is 17.1 Å². The molecule has 2 aromatic carbocycles. The quantitative estimate of drug-likeness (QED) is 0.273. The van der Waals surface area contributed by atoms with Crippen molar-refractivity contribution in [2.45, 2.75) is 64.4 Å². The molecule has 14 heteroatoms. The number of aromatic nitrogens is 2. The predicted molar refractivity (Wildman–Crippen MR) is 154 cm³/mol. The predicted octanol–water partition coefficient (Wildman–Crippen LogP) is 2.71. The zero-order chi connectivity index (χ0) is 30.8. The molecule has 6 N–H and O–H groups in total. The van der Waals surface area contributed by atoms with Gasteiger partial charge in [-0.25, -0.2) is 9.18 Å². The zero-order valence-corrected chi connectivity index (χ0v) is 24.2. The van der Waals surface area contributed by atoms with E-state index in [1.807, 2.05) is 0 Å². The second-order valence-corrected chi connectivity index (χ2v) is 11.5. The highest BCUT2D eigenvalue weighted by Gasteiger charge is 2.38. The van der Waals surface area contributed by atoms with Crippen LogP contribution in [0.3, 0.4) is 0 Å². The Morgan fingerprint density at radius 2 is 1.90 bits per heavy atom. The third-order valence-corrected chi connectivity index (χ3v) is 7.00. The van der Waals surface area contributed by atoms with E-state index in [0.717, 1.165) is 0 Å². The summed E-state index contributed by atoms with van der Waals surface area (Å²) in [6, 6.07) is 8.58. The third-order valence-electron chi connectivity index (χ3n) is 6.71. The molecule has 4 rings (SSSR count). The number of alkyl carbamates (subject to hydrolysis) is 1. The molecule has 1 aliphatic carbocycles. The Balaban J connectivity index is 1.50. The number of anilines is 1. The van der Waals surface area contributed by atoms with E-state index < -0.39 is 35.2 Å². The lowest BCUT2D eigenvalue weighted by Crippen LogP contribution is -2.58. The van der Waals surface area contributed by atoms with Crippen LogP contribution >= 0.6 is 11.6 Å². The van der Waals surface area contributed by atoms with Crippen molar-refractivity contribution in [3.63, 3.8) is 0 Å². The Labute approximate surface area is 246 Å². The maximum atomic E-state index is 14.3. The van der Waals surface area contributed by atoms with Crippen LogP contribution in [0.15, 0.2) is 36.4 Å². The van der Waals surface area contributed by atoms with Crippen LogP contribution in [0.2, 0.25) is 5.02 Å². The molecular weight excluding hydrogens is 569 g/mol. The van der Waals surface area contributed by atoms with Crippen LogP contribution in [0.1, 0.15) is 49.7 Å². The maximum absolute atomic E-state index is 14.3. The molecule has 1 aliphatic rings. The summed E-state index contributed by atoms with van der Waals surface area (Å²) in [4.78, 5) is 52.1. The summed E-state index contributed by atoms with van der Waals surface area (Å²) in [6.45, 7) is 4.49. The lowest BCUT2D eigenvalue weighted by molar-refractivity contribution is -0.141. The maximum Gasteiger partial charge on any atom is 0.407 e. The van der Waals surface area contributed by atoms with E-state index in [1.54, 1.807) is 45.0 Å². The normalized spacial score (nSPS) is 16.4. The van der Waals surface area contributed by atoms with Gasteiger partial charge >= 0.3 is 6.09 Å². The van der Waals surface area contributed by atoms with Crippen LogP contribution in [0, 0.1) is 5.82 Å². The molecule has 0 spiro atoms. The number of nitrogen functional groups attached to an aromatic ring is 1. The fourth-order valence-electron chi connectivity index (χ4n) is 4.66. The van der Waals surface area contributed by atoms with Crippen molar-refractivity contribution in [2.24, 2.45) is 5.73 Å². The molecule has 224 valence electrons. The number of carbonyl (C=O) groups is 4. The van der Waals surface area contributed by atoms with E-state index in [0.29, 0.717) is 29.4 Å². The third kappa shape index (κ3) is 7.27. The molecule has 0 bridgehead atoms. The molecule has 1 aromatic heterocycles. The van der Waals surface area contributed by atoms with Crippen LogP contribution in [0.4, 0.5) is 14.9 Å². The van der Waals surface area contributed by atoms with Gasteiger partial charge in [-0.15, -0.1) is 0 Å². The minimum atomic E-state index is -0.781. The summed E-state index contributed by atoms with van der Waals surface area (Å²) in [7, 11) is 0. The number of benzene rings is 2. The number of nitrogens with two attached hydrogens (primary N) is 2. The molecular formula is C28H33ClFN7O5. The highest BCUT2D eigenvalue weighted by atomic mass is 35.5.